The van der Waals surface area contributed by atoms with Crippen molar-refractivity contribution in [3.8, 4) is 5.75 Å². The molecule has 1 atom stereocenters. The van der Waals surface area contributed by atoms with Gasteiger partial charge in [-0.15, -0.1) is 0 Å². The Morgan fingerprint density at radius 2 is 1.93 bits per heavy atom. The van der Waals surface area contributed by atoms with E-state index in [0.717, 1.165) is 30.6 Å². The van der Waals surface area contributed by atoms with Crippen LogP contribution in [0.15, 0.2) is 42.5 Å². The van der Waals surface area contributed by atoms with Crippen LogP contribution in [-0.2, 0) is 16.0 Å². The van der Waals surface area contributed by atoms with Crippen molar-refractivity contribution >= 4 is 23.4 Å². The predicted molar refractivity (Wildman–Crippen MR) is 110 cm³/mol. The molecule has 7 heteroatoms. The molecule has 1 unspecified atom stereocenters. The van der Waals surface area contributed by atoms with Gasteiger partial charge in [0.2, 0.25) is 0 Å². The van der Waals surface area contributed by atoms with Gasteiger partial charge < -0.3 is 20.5 Å². The van der Waals surface area contributed by atoms with Gasteiger partial charge in [-0.1, -0.05) is 19.1 Å². The molecule has 1 amide bonds. The number of nitrogens with one attached hydrogen (secondary N) is 2. The first-order valence-corrected chi connectivity index (χ1v) is 9.67. The lowest BCUT2D eigenvalue weighted by atomic mass is 10.00. The predicted octanol–water partition coefficient (Wildman–Crippen LogP) is 3.26. The Kier molecular flexibility index (Phi) is 6.49. The molecule has 0 aromatic heterocycles. The van der Waals surface area contributed by atoms with Gasteiger partial charge in [0.1, 0.15) is 17.7 Å². The van der Waals surface area contributed by atoms with Crippen molar-refractivity contribution in [2.75, 3.05) is 11.9 Å². The number of benzene rings is 2. The van der Waals surface area contributed by atoms with Gasteiger partial charge in [-0.2, -0.15) is 0 Å². The average Bonchev–Trinajstić information content (AvgIpc) is 2.72. The monoisotopic (exact) mass is 395 g/mol. The summed E-state index contributed by atoms with van der Waals surface area (Å²) in [6.07, 6.45) is 2.34. The number of aryl methyl sites for hydroxylation is 1. The van der Waals surface area contributed by atoms with Crippen LogP contribution in [0.25, 0.3) is 0 Å². The highest BCUT2D eigenvalue weighted by atomic mass is 16.5. The largest absolute Gasteiger partial charge is 0.490 e. The SMILES string of the molecule is CCCOC(=O)CC1CCc2cc(NC(=O)c3ccc(C(=N)N)cc3)ccc2O1. The number of nitrogens with two attached hydrogens (primary N) is 1. The highest BCUT2D eigenvalue weighted by molar-refractivity contribution is 6.05. The Labute approximate surface area is 169 Å². The number of hydrogen-bond acceptors (Lipinski definition) is 5. The van der Waals surface area contributed by atoms with Gasteiger partial charge in [0.05, 0.1) is 13.0 Å². The number of anilines is 1. The molecule has 152 valence electrons. The molecular formula is C22H25N3O4. The summed E-state index contributed by atoms with van der Waals surface area (Å²) in [5.74, 6) is 0.213. The van der Waals surface area contributed by atoms with Crippen molar-refractivity contribution in [3.05, 3.63) is 59.2 Å². The van der Waals surface area contributed by atoms with Crippen molar-refractivity contribution in [2.45, 2.75) is 38.7 Å². The highest BCUT2D eigenvalue weighted by Crippen LogP contribution is 2.31. The standard InChI is InChI=1S/C22H25N3O4/c1-2-11-28-20(26)13-18-9-7-16-12-17(8-10-19(16)29-18)25-22(27)15-5-3-14(4-6-15)21(23)24/h3-6,8,10,12,18H,2,7,9,11,13H2,1H3,(H3,23,24)(H,25,27). The van der Waals surface area contributed by atoms with Crippen molar-refractivity contribution in [2.24, 2.45) is 5.73 Å². The van der Waals surface area contributed by atoms with Crippen LogP contribution in [0.2, 0.25) is 0 Å². The molecule has 0 radical (unpaired) electrons. The van der Waals surface area contributed by atoms with Crippen LogP contribution in [0, 0.1) is 5.41 Å². The summed E-state index contributed by atoms with van der Waals surface area (Å²) in [6.45, 7) is 2.39. The van der Waals surface area contributed by atoms with Crippen LogP contribution >= 0.6 is 0 Å². The molecule has 0 saturated heterocycles. The minimum atomic E-state index is -0.242. The summed E-state index contributed by atoms with van der Waals surface area (Å²) < 4.78 is 11.0. The first-order chi connectivity index (χ1) is 14.0. The molecule has 29 heavy (non-hydrogen) atoms. The number of rotatable bonds is 7. The van der Waals surface area contributed by atoms with E-state index in [0.29, 0.717) is 23.4 Å². The molecule has 4 N–H and O–H groups in total. The molecule has 1 aliphatic rings. The molecule has 2 aromatic rings. The van der Waals surface area contributed by atoms with Crippen LogP contribution in [0.3, 0.4) is 0 Å². The second-order valence-corrected chi connectivity index (χ2v) is 6.97. The van der Waals surface area contributed by atoms with Gasteiger partial charge in [0, 0.05) is 16.8 Å². The number of hydrogen-bond donors (Lipinski definition) is 3. The fourth-order valence-electron chi connectivity index (χ4n) is 3.13. The van der Waals surface area contributed by atoms with Gasteiger partial charge in [0.25, 0.3) is 5.91 Å². The van der Waals surface area contributed by atoms with E-state index in [1.54, 1.807) is 30.3 Å². The third kappa shape index (κ3) is 5.34. The van der Waals surface area contributed by atoms with Crippen molar-refractivity contribution in [1.82, 2.24) is 0 Å². The van der Waals surface area contributed by atoms with Crippen LogP contribution in [0.5, 0.6) is 5.75 Å². The van der Waals surface area contributed by atoms with E-state index >= 15 is 0 Å². The lowest BCUT2D eigenvalue weighted by Crippen LogP contribution is -2.26. The summed E-state index contributed by atoms with van der Waals surface area (Å²) in [6, 6.07) is 12.0. The molecule has 0 spiro atoms. The first-order valence-electron chi connectivity index (χ1n) is 9.67. The summed E-state index contributed by atoms with van der Waals surface area (Å²) in [5, 5.41) is 10.3. The fraction of sp³-hybridized carbons (Fsp3) is 0.318. The Morgan fingerprint density at radius 3 is 2.62 bits per heavy atom. The van der Waals surface area contributed by atoms with Crippen molar-refractivity contribution < 1.29 is 19.1 Å². The minimum absolute atomic E-state index is 0.0384. The van der Waals surface area contributed by atoms with Gasteiger partial charge in [-0.25, -0.2) is 0 Å². The van der Waals surface area contributed by atoms with E-state index in [9.17, 15) is 9.59 Å². The fourth-order valence-corrected chi connectivity index (χ4v) is 3.13. The zero-order chi connectivity index (χ0) is 20.8. The second-order valence-electron chi connectivity index (χ2n) is 6.97. The third-order valence-electron chi connectivity index (χ3n) is 4.67. The zero-order valence-corrected chi connectivity index (χ0v) is 16.4. The number of fused-ring (bicyclic) bond motifs is 1. The van der Waals surface area contributed by atoms with E-state index < -0.39 is 0 Å². The zero-order valence-electron chi connectivity index (χ0n) is 16.4. The summed E-state index contributed by atoms with van der Waals surface area (Å²) in [5.41, 5.74) is 8.15. The third-order valence-corrected chi connectivity index (χ3v) is 4.67. The molecule has 7 nitrogen and oxygen atoms in total. The van der Waals surface area contributed by atoms with Crippen molar-refractivity contribution in [3.63, 3.8) is 0 Å². The first kappa shape index (κ1) is 20.4. The minimum Gasteiger partial charge on any atom is -0.490 e. The second kappa shape index (κ2) is 9.23. The Morgan fingerprint density at radius 1 is 1.21 bits per heavy atom. The number of amidine groups is 1. The lowest BCUT2D eigenvalue weighted by Gasteiger charge is -2.26. The Balaban J connectivity index is 1.60. The Hall–Kier alpha value is -3.35. The molecule has 0 fully saturated rings. The number of nitrogen functional groups attached to an aromatic ring is 1. The van der Waals surface area contributed by atoms with E-state index in [1.807, 2.05) is 19.1 Å². The molecule has 1 heterocycles. The van der Waals surface area contributed by atoms with Crippen LogP contribution in [0.4, 0.5) is 5.69 Å². The molecular weight excluding hydrogens is 370 g/mol. The summed E-state index contributed by atoms with van der Waals surface area (Å²) >= 11 is 0. The number of esters is 1. The topological polar surface area (TPSA) is 114 Å². The van der Waals surface area contributed by atoms with Gasteiger partial charge in [-0.05, 0) is 55.2 Å². The van der Waals surface area contributed by atoms with Gasteiger partial charge in [0.15, 0.2) is 0 Å². The average molecular weight is 395 g/mol. The van der Waals surface area contributed by atoms with Crippen molar-refractivity contribution in [1.29, 1.82) is 5.41 Å². The molecule has 0 bridgehead atoms. The lowest BCUT2D eigenvalue weighted by molar-refractivity contribution is -0.145. The maximum atomic E-state index is 12.4. The molecule has 0 saturated carbocycles. The molecule has 0 aliphatic carbocycles. The number of ether oxygens (including phenoxy) is 2. The number of carbonyl (C=O) groups excluding carboxylic acids is 2. The van der Waals surface area contributed by atoms with Crippen LogP contribution < -0.4 is 15.8 Å². The maximum absolute atomic E-state index is 12.4. The van der Waals surface area contributed by atoms with E-state index in [4.69, 9.17) is 20.6 Å². The number of carbonyl (C=O) groups is 2. The summed E-state index contributed by atoms with van der Waals surface area (Å²) in [7, 11) is 0. The van der Waals surface area contributed by atoms with E-state index in [1.165, 1.54) is 0 Å². The molecule has 3 rings (SSSR count). The smallest absolute Gasteiger partial charge is 0.309 e. The van der Waals surface area contributed by atoms with E-state index in [2.05, 4.69) is 5.32 Å². The molecule has 1 aliphatic heterocycles. The van der Waals surface area contributed by atoms with Crippen LogP contribution in [-0.4, -0.2) is 30.4 Å². The highest BCUT2D eigenvalue weighted by Gasteiger charge is 2.23. The van der Waals surface area contributed by atoms with Gasteiger partial charge >= 0.3 is 5.97 Å². The number of amides is 1. The summed E-state index contributed by atoms with van der Waals surface area (Å²) in [4.78, 5) is 24.2. The van der Waals surface area contributed by atoms with E-state index in [-0.39, 0.29) is 30.2 Å². The maximum Gasteiger partial charge on any atom is 0.309 e. The quantitative estimate of drug-likeness (QED) is 0.378. The van der Waals surface area contributed by atoms with Gasteiger partial charge in [-0.3, -0.25) is 15.0 Å². The van der Waals surface area contributed by atoms with Crippen LogP contribution in [0.1, 0.15) is 47.7 Å². The molecule has 2 aromatic carbocycles. The normalized spacial score (nSPS) is 15.0. The Bertz CT molecular complexity index is 909.